The molecular weight excluding hydrogens is 258 g/mol. The van der Waals surface area contributed by atoms with Gasteiger partial charge in [-0.3, -0.25) is 4.40 Å². The smallest absolute Gasteiger partial charge is 0.150 e. The highest BCUT2D eigenvalue weighted by Crippen LogP contribution is 2.27. The van der Waals surface area contributed by atoms with E-state index < -0.39 is 11.6 Å². The number of hydrogen-bond acceptors (Lipinski definition) is 1. The van der Waals surface area contributed by atoms with Crippen LogP contribution in [0.1, 0.15) is 0 Å². The minimum atomic E-state index is -0.650. The van der Waals surface area contributed by atoms with Gasteiger partial charge in [0.25, 0.3) is 0 Å². The third-order valence-electron chi connectivity index (χ3n) is 2.71. The maximum Gasteiger partial charge on any atom is 0.150 e. The van der Waals surface area contributed by atoms with Crippen molar-refractivity contribution < 1.29 is 8.78 Å². The van der Waals surface area contributed by atoms with E-state index in [0.29, 0.717) is 10.5 Å². The van der Waals surface area contributed by atoms with Crippen LogP contribution in [-0.4, -0.2) is 9.38 Å². The van der Waals surface area contributed by atoms with Crippen molar-refractivity contribution in [1.82, 2.24) is 9.38 Å². The van der Waals surface area contributed by atoms with Crippen LogP contribution in [-0.2, 0) is 0 Å². The molecule has 0 aliphatic heterocycles. The molecule has 0 N–H and O–H groups in total. The lowest BCUT2D eigenvalue weighted by Crippen LogP contribution is -1.95. The molecule has 2 heterocycles. The molecule has 0 bridgehead atoms. The van der Waals surface area contributed by atoms with Gasteiger partial charge in [-0.1, -0.05) is 17.7 Å². The minimum Gasteiger partial charge on any atom is -0.298 e. The summed E-state index contributed by atoms with van der Waals surface area (Å²) in [5.74, 6) is -1.10. The summed E-state index contributed by atoms with van der Waals surface area (Å²) in [6.45, 7) is 0. The Hall–Kier alpha value is -1.94. The molecule has 2 nitrogen and oxygen atoms in total. The zero-order valence-electron chi connectivity index (χ0n) is 9.07. The van der Waals surface area contributed by atoms with Crippen molar-refractivity contribution in [2.24, 2.45) is 0 Å². The van der Waals surface area contributed by atoms with Crippen molar-refractivity contribution in [2.45, 2.75) is 0 Å². The first-order valence-corrected chi connectivity index (χ1v) is 5.62. The van der Waals surface area contributed by atoms with E-state index in [1.165, 1.54) is 24.4 Å². The second-order valence-corrected chi connectivity index (χ2v) is 4.20. The standard InChI is InChI=1S/C13H7ClF2N2/c14-8-3-2-6-18-11(8)7-17-13(18)12-9(15)4-1-5-10(12)16/h1-7H. The lowest BCUT2D eigenvalue weighted by Gasteiger charge is -2.04. The highest BCUT2D eigenvalue weighted by molar-refractivity contribution is 6.33. The Labute approximate surface area is 106 Å². The fourth-order valence-electron chi connectivity index (χ4n) is 1.88. The van der Waals surface area contributed by atoms with Crippen LogP contribution in [0.2, 0.25) is 5.02 Å². The number of nitrogens with zero attached hydrogens (tertiary/aromatic N) is 2. The van der Waals surface area contributed by atoms with Gasteiger partial charge in [-0.2, -0.15) is 0 Å². The van der Waals surface area contributed by atoms with Crippen LogP contribution in [0.4, 0.5) is 8.78 Å². The number of fused-ring (bicyclic) bond motifs is 1. The van der Waals surface area contributed by atoms with E-state index in [2.05, 4.69) is 4.98 Å². The lowest BCUT2D eigenvalue weighted by molar-refractivity contribution is 0.587. The molecule has 1 aromatic carbocycles. The number of halogens is 3. The number of hydrogen-bond donors (Lipinski definition) is 0. The molecule has 3 rings (SSSR count). The van der Waals surface area contributed by atoms with Gasteiger partial charge < -0.3 is 0 Å². The summed E-state index contributed by atoms with van der Waals surface area (Å²) in [7, 11) is 0. The van der Waals surface area contributed by atoms with Crippen molar-refractivity contribution in [3.8, 4) is 11.4 Å². The van der Waals surface area contributed by atoms with Gasteiger partial charge in [0, 0.05) is 6.20 Å². The van der Waals surface area contributed by atoms with Crippen molar-refractivity contribution in [3.63, 3.8) is 0 Å². The van der Waals surface area contributed by atoms with Crippen molar-refractivity contribution in [3.05, 3.63) is 59.4 Å². The number of imidazole rings is 1. The highest BCUT2D eigenvalue weighted by Gasteiger charge is 2.16. The van der Waals surface area contributed by atoms with Crippen LogP contribution >= 0.6 is 11.6 Å². The Morgan fingerprint density at radius 1 is 1.06 bits per heavy atom. The van der Waals surface area contributed by atoms with Gasteiger partial charge in [0.15, 0.2) is 0 Å². The molecule has 0 fully saturated rings. The number of rotatable bonds is 1. The molecule has 0 saturated carbocycles. The van der Waals surface area contributed by atoms with Crippen molar-refractivity contribution >= 4 is 17.1 Å². The van der Waals surface area contributed by atoms with E-state index in [-0.39, 0.29) is 11.4 Å². The number of benzene rings is 1. The third-order valence-corrected chi connectivity index (χ3v) is 3.03. The molecule has 0 aliphatic carbocycles. The molecule has 0 unspecified atom stereocenters. The van der Waals surface area contributed by atoms with Crippen molar-refractivity contribution in [2.75, 3.05) is 0 Å². The molecule has 0 saturated heterocycles. The zero-order chi connectivity index (χ0) is 12.7. The topological polar surface area (TPSA) is 17.3 Å². The first kappa shape index (κ1) is 11.2. The van der Waals surface area contributed by atoms with Crippen molar-refractivity contribution in [1.29, 1.82) is 0 Å². The van der Waals surface area contributed by atoms with Gasteiger partial charge in [-0.25, -0.2) is 13.8 Å². The largest absolute Gasteiger partial charge is 0.298 e. The Balaban J connectivity index is 2.36. The molecule has 0 spiro atoms. The summed E-state index contributed by atoms with van der Waals surface area (Å²) < 4.78 is 29.0. The molecule has 2 aromatic heterocycles. The van der Waals surface area contributed by atoms with Crippen LogP contribution in [0.25, 0.3) is 16.9 Å². The van der Waals surface area contributed by atoms with Crippen LogP contribution in [0.15, 0.2) is 42.7 Å². The second kappa shape index (κ2) is 4.07. The predicted molar refractivity (Wildman–Crippen MR) is 65.6 cm³/mol. The van der Waals surface area contributed by atoms with E-state index >= 15 is 0 Å². The van der Waals surface area contributed by atoms with Gasteiger partial charge in [-0.15, -0.1) is 0 Å². The summed E-state index contributed by atoms with van der Waals surface area (Å²) in [4.78, 5) is 4.05. The van der Waals surface area contributed by atoms with Gasteiger partial charge in [0.1, 0.15) is 17.5 Å². The molecule has 0 aliphatic rings. The Morgan fingerprint density at radius 3 is 2.50 bits per heavy atom. The van der Waals surface area contributed by atoms with E-state index in [4.69, 9.17) is 11.6 Å². The number of pyridine rings is 1. The molecule has 0 amide bonds. The second-order valence-electron chi connectivity index (χ2n) is 3.79. The molecule has 0 atom stereocenters. The third kappa shape index (κ3) is 1.57. The average Bonchev–Trinajstić information content (AvgIpc) is 2.75. The zero-order valence-corrected chi connectivity index (χ0v) is 9.83. The summed E-state index contributed by atoms with van der Waals surface area (Å²) >= 11 is 5.99. The highest BCUT2D eigenvalue weighted by atomic mass is 35.5. The van der Waals surface area contributed by atoms with Gasteiger partial charge in [-0.05, 0) is 24.3 Å². The quantitative estimate of drug-likeness (QED) is 0.651. The fourth-order valence-corrected chi connectivity index (χ4v) is 2.10. The summed E-state index contributed by atoms with van der Waals surface area (Å²) in [6.07, 6.45) is 3.15. The maximum atomic E-state index is 13.7. The average molecular weight is 265 g/mol. The Bertz CT molecular complexity index is 717. The summed E-state index contributed by atoms with van der Waals surface area (Å²) in [5, 5.41) is 0.480. The first-order valence-electron chi connectivity index (χ1n) is 5.24. The molecule has 3 aromatic rings. The van der Waals surface area contributed by atoms with E-state index in [0.717, 1.165) is 0 Å². The Kier molecular flexibility index (Phi) is 2.52. The van der Waals surface area contributed by atoms with E-state index in [1.807, 2.05) is 0 Å². The van der Waals surface area contributed by atoms with Gasteiger partial charge in [0.05, 0.1) is 22.3 Å². The van der Waals surface area contributed by atoms with E-state index in [9.17, 15) is 8.78 Å². The fraction of sp³-hybridized carbons (Fsp3) is 0. The van der Waals surface area contributed by atoms with Gasteiger partial charge >= 0.3 is 0 Å². The predicted octanol–water partition coefficient (Wildman–Crippen LogP) is 3.93. The molecule has 18 heavy (non-hydrogen) atoms. The normalized spacial score (nSPS) is 11.1. The summed E-state index contributed by atoms with van der Waals surface area (Å²) in [6, 6.07) is 7.10. The molecule has 0 radical (unpaired) electrons. The maximum absolute atomic E-state index is 13.7. The van der Waals surface area contributed by atoms with Gasteiger partial charge in [0.2, 0.25) is 0 Å². The monoisotopic (exact) mass is 264 g/mol. The van der Waals surface area contributed by atoms with Crippen LogP contribution in [0.5, 0.6) is 0 Å². The minimum absolute atomic E-state index is 0.153. The molecule has 5 heteroatoms. The first-order chi connectivity index (χ1) is 8.68. The lowest BCUT2D eigenvalue weighted by atomic mass is 10.2. The van der Waals surface area contributed by atoms with Crippen LogP contribution in [0.3, 0.4) is 0 Å². The van der Waals surface area contributed by atoms with Crippen LogP contribution in [0, 0.1) is 11.6 Å². The Morgan fingerprint density at radius 2 is 1.78 bits per heavy atom. The summed E-state index contributed by atoms with van der Waals surface area (Å²) in [5.41, 5.74) is 0.455. The number of aromatic nitrogens is 2. The SMILES string of the molecule is Fc1cccc(F)c1-c1ncc2c(Cl)cccn12. The molecular formula is C13H7ClF2N2. The molecule has 90 valence electrons. The van der Waals surface area contributed by atoms with E-state index in [1.54, 1.807) is 22.7 Å². The van der Waals surface area contributed by atoms with Crippen LogP contribution < -0.4 is 0 Å².